The van der Waals surface area contributed by atoms with E-state index in [0.29, 0.717) is 24.3 Å². The number of hydrogen-bond donors (Lipinski definition) is 2. The van der Waals surface area contributed by atoms with Crippen LogP contribution in [0, 0.1) is 12.3 Å². The topological polar surface area (TPSA) is 70.7 Å². The van der Waals surface area contributed by atoms with Crippen molar-refractivity contribution in [2.75, 3.05) is 29.9 Å². The van der Waals surface area contributed by atoms with Crippen LogP contribution in [0.5, 0.6) is 0 Å². The third kappa shape index (κ3) is 6.49. The SMILES string of the molecule is CCN(CC)c1ccc(NC(=O)[C@@]2(NC(=O)OCC(C)(C)C)CCc3cccc(Cl)c3C2)c(C)c1. The normalized spacial score (nSPS) is 17.3. The minimum Gasteiger partial charge on any atom is -0.449 e. The predicted octanol–water partition coefficient (Wildman–Crippen LogP) is 6.13. The first-order valence-corrected chi connectivity index (χ1v) is 12.7. The van der Waals surface area contributed by atoms with Crippen LogP contribution in [-0.2, 0) is 22.4 Å². The van der Waals surface area contributed by atoms with E-state index in [9.17, 15) is 9.59 Å². The van der Waals surface area contributed by atoms with Crippen molar-refractivity contribution < 1.29 is 14.3 Å². The molecular formula is C28H38ClN3O3. The van der Waals surface area contributed by atoms with Crippen molar-refractivity contribution in [1.82, 2.24) is 5.32 Å². The molecular weight excluding hydrogens is 462 g/mol. The van der Waals surface area contributed by atoms with Crippen LogP contribution in [0.4, 0.5) is 16.2 Å². The third-order valence-corrected chi connectivity index (χ3v) is 6.87. The number of rotatable bonds is 7. The van der Waals surface area contributed by atoms with Gasteiger partial charge in [-0.2, -0.15) is 0 Å². The van der Waals surface area contributed by atoms with Crippen LogP contribution in [-0.4, -0.2) is 37.2 Å². The molecule has 0 heterocycles. The van der Waals surface area contributed by atoms with Crippen molar-refractivity contribution in [3.8, 4) is 0 Å². The number of nitrogens with zero attached hydrogens (tertiary/aromatic N) is 1. The molecule has 0 bridgehead atoms. The van der Waals surface area contributed by atoms with Gasteiger partial charge in [-0.1, -0.05) is 44.5 Å². The van der Waals surface area contributed by atoms with Crippen LogP contribution in [0.2, 0.25) is 5.02 Å². The Balaban J connectivity index is 1.89. The smallest absolute Gasteiger partial charge is 0.408 e. The second kappa shape index (κ2) is 10.9. The number of ether oxygens (including phenoxy) is 1. The highest BCUT2D eigenvalue weighted by Crippen LogP contribution is 2.35. The molecule has 0 aliphatic heterocycles. The molecule has 0 saturated carbocycles. The number of aryl methyl sites for hydroxylation is 2. The molecule has 0 radical (unpaired) electrons. The van der Waals surface area contributed by atoms with Crippen molar-refractivity contribution in [2.24, 2.45) is 5.41 Å². The van der Waals surface area contributed by atoms with Gasteiger partial charge in [-0.15, -0.1) is 0 Å². The molecule has 0 fully saturated rings. The predicted molar refractivity (Wildman–Crippen MR) is 144 cm³/mol. The average Bonchev–Trinajstić information content (AvgIpc) is 2.80. The highest BCUT2D eigenvalue weighted by molar-refractivity contribution is 6.31. The summed E-state index contributed by atoms with van der Waals surface area (Å²) in [4.78, 5) is 28.9. The van der Waals surface area contributed by atoms with E-state index in [1.165, 1.54) is 0 Å². The van der Waals surface area contributed by atoms with Gasteiger partial charge in [0.15, 0.2) is 0 Å². The lowest BCUT2D eigenvalue weighted by molar-refractivity contribution is -0.122. The molecule has 6 nitrogen and oxygen atoms in total. The van der Waals surface area contributed by atoms with Crippen LogP contribution in [0.25, 0.3) is 0 Å². The number of alkyl carbamates (subject to hydrolysis) is 1. The first kappa shape index (κ1) is 26.9. The first-order valence-electron chi connectivity index (χ1n) is 12.4. The number of halogens is 1. The summed E-state index contributed by atoms with van der Waals surface area (Å²) in [5, 5.41) is 6.60. The van der Waals surface area contributed by atoms with E-state index in [0.717, 1.165) is 41.2 Å². The van der Waals surface area contributed by atoms with E-state index in [2.05, 4.69) is 35.4 Å². The Bertz CT molecular complexity index is 1080. The molecule has 2 aromatic rings. The fraction of sp³-hybridized carbons (Fsp3) is 0.500. The van der Waals surface area contributed by atoms with Gasteiger partial charge in [0.1, 0.15) is 5.54 Å². The van der Waals surface area contributed by atoms with Gasteiger partial charge < -0.3 is 20.3 Å². The molecule has 35 heavy (non-hydrogen) atoms. The van der Waals surface area contributed by atoms with Crippen molar-refractivity contribution in [3.63, 3.8) is 0 Å². The molecule has 3 rings (SSSR count). The monoisotopic (exact) mass is 499 g/mol. The van der Waals surface area contributed by atoms with Crippen LogP contribution < -0.4 is 15.5 Å². The van der Waals surface area contributed by atoms with Gasteiger partial charge in [0.2, 0.25) is 0 Å². The summed E-state index contributed by atoms with van der Waals surface area (Å²) in [5.74, 6) is -0.269. The molecule has 0 spiro atoms. The zero-order valence-electron chi connectivity index (χ0n) is 21.8. The van der Waals surface area contributed by atoms with E-state index >= 15 is 0 Å². The van der Waals surface area contributed by atoms with Gasteiger partial charge in [-0.25, -0.2) is 4.79 Å². The maximum absolute atomic E-state index is 13.8. The fourth-order valence-corrected chi connectivity index (χ4v) is 4.72. The van der Waals surface area contributed by atoms with Gasteiger partial charge in [-0.05, 0) is 80.0 Å². The zero-order chi connectivity index (χ0) is 25.8. The molecule has 2 aromatic carbocycles. The summed E-state index contributed by atoms with van der Waals surface area (Å²) in [5.41, 5.74) is 3.44. The summed E-state index contributed by atoms with van der Waals surface area (Å²) in [7, 11) is 0. The minimum atomic E-state index is -1.17. The molecule has 1 aliphatic carbocycles. The highest BCUT2D eigenvalue weighted by Gasteiger charge is 2.44. The summed E-state index contributed by atoms with van der Waals surface area (Å²) in [6.07, 6.45) is 0.782. The Morgan fingerprint density at radius 3 is 2.49 bits per heavy atom. The van der Waals surface area contributed by atoms with Gasteiger partial charge in [0, 0.05) is 35.9 Å². The fourth-order valence-electron chi connectivity index (χ4n) is 4.46. The van der Waals surface area contributed by atoms with Gasteiger partial charge in [0.25, 0.3) is 5.91 Å². The van der Waals surface area contributed by atoms with Crippen LogP contribution in [0.3, 0.4) is 0 Å². The third-order valence-electron chi connectivity index (χ3n) is 6.51. The Morgan fingerprint density at radius 1 is 1.14 bits per heavy atom. The second-order valence-electron chi connectivity index (χ2n) is 10.5. The number of carbonyl (C=O) groups excluding carboxylic acids is 2. The summed E-state index contributed by atoms with van der Waals surface area (Å²) in [6.45, 7) is 14.3. The van der Waals surface area contributed by atoms with Crippen LogP contribution in [0.1, 0.15) is 57.7 Å². The lowest BCUT2D eigenvalue weighted by Crippen LogP contribution is -2.60. The Kier molecular flexibility index (Phi) is 8.37. The molecule has 0 aromatic heterocycles. The second-order valence-corrected chi connectivity index (χ2v) is 10.9. The van der Waals surface area contributed by atoms with Crippen LogP contribution in [0.15, 0.2) is 36.4 Å². The van der Waals surface area contributed by atoms with E-state index in [1.807, 2.05) is 58.0 Å². The van der Waals surface area contributed by atoms with Crippen molar-refractivity contribution in [2.45, 2.75) is 66.3 Å². The Labute approximate surface area is 214 Å². The first-order chi connectivity index (χ1) is 16.5. The molecule has 1 aliphatic rings. The molecule has 7 heteroatoms. The lowest BCUT2D eigenvalue weighted by atomic mass is 9.77. The highest BCUT2D eigenvalue weighted by atomic mass is 35.5. The maximum atomic E-state index is 13.8. The number of nitrogens with one attached hydrogen (secondary N) is 2. The van der Waals surface area contributed by atoms with Crippen molar-refractivity contribution in [3.05, 3.63) is 58.1 Å². The largest absolute Gasteiger partial charge is 0.449 e. The summed E-state index contributed by atoms with van der Waals surface area (Å²) >= 11 is 6.51. The summed E-state index contributed by atoms with van der Waals surface area (Å²) in [6, 6.07) is 11.8. The number of fused-ring (bicyclic) bond motifs is 1. The minimum absolute atomic E-state index is 0.182. The number of benzene rings is 2. The van der Waals surface area contributed by atoms with Gasteiger partial charge >= 0.3 is 6.09 Å². The number of anilines is 2. The summed E-state index contributed by atoms with van der Waals surface area (Å²) < 4.78 is 5.47. The Morgan fingerprint density at radius 2 is 1.86 bits per heavy atom. The van der Waals surface area contributed by atoms with Gasteiger partial charge in [-0.3, -0.25) is 4.79 Å². The molecule has 190 valence electrons. The number of amides is 2. The number of carbonyl (C=O) groups is 2. The van der Waals surface area contributed by atoms with E-state index < -0.39 is 11.6 Å². The van der Waals surface area contributed by atoms with Crippen molar-refractivity contribution in [1.29, 1.82) is 0 Å². The van der Waals surface area contributed by atoms with E-state index in [-0.39, 0.29) is 17.9 Å². The molecule has 1 atom stereocenters. The molecule has 2 amide bonds. The molecule has 0 saturated heterocycles. The maximum Gasteiger partial charge on any atom is 0.408 e. The van der Waals surface area contributed by atoms with E-state index in [1.54, 1.807) is 0 Å². The average molecular weight is 500 g/mol. The molecule has 2 N–H and O–H groups in total. The Hall–Kier alpha value is -2.73. The number of hydrogen-bond acceptors (Lipinski definition) is 4. The van der Waals surface area contributed by atoms with Gasteiger partial charge in [0.05, 0.1) is 6.61 Å². The van der Waals surface area contributed by atoms with E-state index in [4.69, 9.17) is 16.3 Å². The standard InChI is InChI=1S/C28H38ClN3O3/c1-7-32(8-2)21-12-13-24(19(3)16-21)30-25(33)28(31-26(34)35-18-27(4,5)6)15-14-20-10-9-11-23(29)22(20)17-28/h9-13,16H,7-8,14-15,17-18H2,1-6H3,(H,30,33)(H,31,34)/t28-/m1/s1. The molecule has 0 unspecified atom stereocenters. The zero-order valence-corrected chi connectivity index (χ0v) is 22.5. The lowest BCUT2D eigenvalue weighted by Gasteiger charge is -2.38. The van der Waals surface area contributed by atoms with Crippen molar-refractivity contribution >= 4 is 35.0 Å². The van der Waals surface area contributed by atoms with Crippen LogP contribution >= 0.6 is 11.6 Å². The quantitative estimate of drug-likeness (QED) is 0.480.